The summed E-state index contributed by atoms with van der Waals surface area (Å²) in [7, 11) is 2.13. The molecule has 2 N–H and O–H groups in total. The Hall–Kier alpha value is -2.18. The molecule has 2 saturated heterocycles. The lowest BCUT2D eigenvalue weighted by Gasteiger charge is -2.49. The molecule has 1 aromatic heterocycles. The second-order valence-electron chi connectivity index (χ2n) is 8.78. The van der Waals surface area contributed by atoms with Crippen LogP contribution in [0.25, 0.3) is 10.9 Å². The summed E-state index contributed by atoms with van der Waals surface area (Å²) in [4.78, 5) is 25.4. The first kappa shape index (κ1) is 17.0. The summed E-state index contributed by atoms with van der Waals surface area (Å²) in [6.07, 6.45) is 4.41. The van der Waals surface area contributed by atoms with Crippen molar-refractivity contribution in [2.75, 3.05) is 26.2 Å². The molecule has 2 amide bonds. The van der Waals surface area contributed by atoms with Crippen LogP contribution in [0.2, 0.25) is 0 Å². The Labute approximate surface area is 158 Å². The quantitative estimate of drug-likeness (QED) is 0.783. The van der Waals surface area contributed by atoms with E-state index < -0.39 is 0 Å². The Morgan fingerprint density at radius 2 is 2.00 bits per heavy atom. The van der Waals surface area contributed by atoms with Gasteiger partial charge in [-0.05, 0) is 49.4 Å². The van der Waals surface area contributed by atoms with E-state index >= 15 is 0 Å². The van der Waals surface area contributed by atoms with Gasteiger partial charge in [-0.25, -0.2) is 0 Å². The Balaban J connectivity index is 1.43. The van der Waals surface area contributed by atoms with Gasteiger partial charge in [-0.3, -0.25) is 19.8 Å². The van der Waals surface area contributed by atoms with Gasteiger partial charge in [0.15, 0.2) is 0 Å². The van der Waals surface area contributed by atoms with Crippen molar-refractivity contribution in [2.45, 2.75) is 31.2 Å². The van der Waals surface area contributed by atoms with Crippen LogP contribution in [-0.4, -0.2) is 53.0 Å². The third kappa shape index (κ3) is 2.70. The van der Waals surface area contributed by atoms with Crippen molar-refractivity contribution in [3.8, 4) is 0 Å². The molecule has 3 heterocycles. The van der Waals surface area contributed by atoms with E-state index in [4.69, 9.17) is 0 Å². The van der Waals surface area contributed by atoms with Crippen LogP contribution in [-0.2, 0) is 23.1 Å². The second kappa shape index (κ2) is 5.91. The van der Waals surface area contributed by atoms with Crippen molar-refractivity contribution in [1.82, 2.24) is 20.1 Å². The molecule has 6 heteroatoms. The van der Waals surface area contributed by atoms with Gasteiger partial charge in [-0.2, -0.15) is 0 Å². The molecule has 1 aliphatic carbocycles. The van der Waals surface area contributed by atoms with Crippen molar-refractivity contribution in [2.24, 2.45) is 13.0 Å². The van der Waals surface area contributed by atoms with E-state index in [1.54, 1.807) is 0 Å². The van der Waals surface area contributed by atoms with Crippen LogP contribution in [0.4, 0.5) is 0 Å². The predicted octanol–water partition coefficient (Wildman–Crippen LogP) is 1.14. The number of aromatic nitrogens is 1. The average molecular weight is 366 g/mol. The first-order chi connectivity index (χ1) is 12.9. The normalized spacial score (nSPS) is 31.0. The van der Waals surface area contributed by atoms with E-state index in [0.717, 1.165) is 25.9 Å². The molecule has 0 saturated carbocycles. The van der Waals surface area contributed by atoms with Gasteiger partial charge in [0.25, 0.3) is 0 Å². The summed E-state index contributed by atoms with van der Waals surface area (Å²) in [6, 6.07) is 6.66. The molecule has 142 valence electrons. The monoisotopic (exact) mass is 366 g/mol. The molecule has 1 aromatic carbocycles. The number of benzene rings is 1. The minimum Gasteiger partial charge on any atom is -0.350 e. The number of hydrogen-bond acceptors (Lipinski definition) is 4. The molecular formula is C21H26N4O2. The molecule has 0 radical (unpaired) electrons. The SMILES string of the molecule is Cn1cc2c3c(cccc31)C1C[C@@H](CN3CC(=O)NC(=O)C3)CNC1(C)C2. The van der Waals surface area contributed by atoms with Crippen LogP contribution in [0.3, 0.4) is 0 Å². The van der Waals surface area contributed by atoms with Crippen LogP contribution in [0.15, 0.2) is 24.4 Å². The zero-order valence-corrected chi connectivity index (χ0v) is 15.9. The predicted molar refractivity (Wildman–Crippen MR) is 103 cm³/mol. The minimum atomic E-state index is -0.184. The minimum absolute atomic E-state index is 0.0637. The van der Waals surface area contributed by atoms with E-state index in [2.05, 4.69) is 53.6 Å². The number of imide groups is 1. The van der Waals surface area contributed by atoms with E-state index in [-0.39, 0.29) is 17.4 Å². The number of carbonyl (C=O) groups is 2. The zero-order valence-electron chi connectivity index (χ0n) is 15.9. The summed E-state index contributed by atoms with van der Waals surface area (Å²) in [5.41, 5.74) is 4.26. The van der Waals surface area contributed by atoms with Crippen molar-refractivity contribution < 1.29 is 9.59 Å². The van der Waals surface area contributed by atoms with Crippen molar-refractivity contribution in [3.05, 3.63) is 35.5 Å². The van der Waals surface area contributed by atoms with Gasteiger partial charge in [-0.1, -0.05) is 12.1 Å². The third-order valence-electron chi connectivity index (χ3n) is 6.72. The maximum Gasteiger partial charge on any atom is 0.240 e. The Morgan fingerprint density at radius 1 is 1.22 bits per heavy atom. The first-order valence-electron chi connectivity index (χ1n) is 9.80. The van der Waals surface area contributed by atoms with Crippen LogP contribution < -0.4 is 10.6 Å². The molecule has 0 spiro atoms. The number of nitrogens with zero attached hydrogens (tertiary/aromatic N) is 2. The van der Waals surface area contributed by atoms with Gasteiger partial charge in [0.2, 0.25) is 11.8 Å². The molecular weight excluding hydrogens is 340 g/mol. The van der Waals surface area contributed by atoms with Gasteiger partial charge in [0.1, 0.15) is 0 Å². The fraction of sp³-hybridized carbons (Fsp3) is 0.524. The number of rotatable bonds is 2. The smallest absolute Gasteiger partial charge is 0.240 e. The number of piperidine rings is 1. The summed E-state index contributed by atoms with van der Waals surface area (Å²) in [5.74, 6) is 0.513. The molecule has 5 rings (SSSR count). The molecule has 6 nitrogen and oxygen atoms in total. The molecule has 0 bridgehead atoms. The number of hydrogen-bond donors (Lipinski definition) is 2. The highest BCUT2D eigenvalue weighted by atomic mass is 16.2. The standard InChI is InChI=1S/C21H26N4O2/c1-21-7-14-10-24(2)17-5-3-4-15(20(14)17)16(21)6-13(8-22-21)9-25-11-18(26)23-19(27)12-25/h3-5,10,13,16,22H,6-9,11-12H2,1-2H3,(H,23,26,27)/t13-,16?,21?/m1/s1. The number of aryl methyl sites for hydroxylation is 1. The van der Waals surface area contributed by atoms with Crippen molar-refractivity contribution in [3.63, 3.8) is 0 Å². The molecule has 2 unspecified atom stereocenters. The maximum atomic E-state index is 11.7. The van der Waals surface area contributed by atoms with Crippen LogP contribution in [0.1, 0.15) is 30.4 Å². The van der Waals surface area contributed by atoms with Gasteiger partial charge < -0.3 is 9.88 Å². The third-order valence-corrected chi connectivity index (χ3v) is 6.72. The Morgan fingerprint density at radius 3 is 2.78 bits per heavy atom. The number of amides is 2. The Kier molecular flexibility index (Phi) is 3.71. The van der Waals surface area contributed by atoms with Crippen LogP contribution >= 0.6 is 0 Å². The second-order valence-corrected chi connectivity index (χ2v) is 8.78. The van der Waals surface area contributed by atoms with Crippen LogP contribution in [0, 0.1) is 5.92 Å². The van der Waals surface area contributed by atoms with Crippen molar-refractivity contribution in [1.29, 1.82) is 0 Å². The lowest BCUT2D eigenvalue weighted by molar-refractivity contribution is -0.136. The van der Waals surface area contributed by atoms with Gasteiger partial charge in [0.05, 0.1) is 13.1 Å². The van der Waals surface area contributed by atoms with Gasteiger partial charge in [0, 0.05) is 42.1 Å². The summed E-state index contributed by atoms with van der Waals surface area (Å²) >= 11 is 0. The fourth-order valence-electron chi connectivity index (χ4n) is 5.55. The maximum absolute atomic E-state index is 11.7. The van der Waals surface area contributed by atoms with E-state index in [0.29, 0.717) is 24.9 Å². The number of nitrogens with one attached hydrogen (secondary N) is 2. The molecule has 2 aliphatic heterocycles. The zero-order chi connectivity index (χ0) is 18.8. The highest BCUT2D eigenvalue weighted by Gasteiger charge is 2.45. The van der Waals surface area contributed by atoms with E-state index in [1.807, 2.05) is 4.90 Å². The summed E-state index contributed by atoms with van der Waals surface area (Å²) in [6.45, 7) is 4.71. The van der Waals surface area contributed by atoms with Crippen LogP contribution in [0.5, 0.6) is 0 Å². The molecule has 2 fully saturated rings. The lowest BCUT2D eigenvalue weighted by Crippen LogP contribution is -2.59. The van der Waals surface area contributed by atoms with Gasteiger partial charge >= 0.3 is 0 Å². The fourth-order valence-corrected chi connectivity index (χ4v) is 5.55. The summed E-state index contributed by atoms with van der Waals surface area (Å²) in [5, 5.41) is 7.65. The Bertz CT molecular complexity index is 933. The lowest BCUT2D eigenvalue weighted by atomic mass is 9.65. The van der Waals surface area contributed by atoms with Crippen molar-refractivity contribution >= 4 is 22.7 Å². The number of carbonyl (C=O) groups excluding carboxylic acids is 2. The molecule has 27 heavy (non-hydrogen) atoms. The topological polar surface area (TPSA) is 66.4 Å². The van der Waals surface area contributed by atoms with E-state index in [9.17, 15) is 9.59 Å². The molecule has 3 aliphatic rings. The number of piperazine rings is 1. The first-order valence-corrected chi connectivity index (χ1v) is 9.80. The number of fused-ring (bicyclic) bond motifs is 2. The largest absolute Gasteiger partial charge is 0.350 e. The molecule has 2 aromatic rings. The average Bonchev–Trinajstić information content (AvgIpc) is 2.92. The molecule has 3 atom stereocenters. The van der Waals surface area contributed by atoms with E-state index in [1.165, 1.54) is 22.0 Å². The van der Waals surface area contributed by atoms with Gasteiger partial charge in [-0.15, -0.1) is 0 Å². The summed E-state index contributed by atoms with van der Waals surface area (Å²) < 4.78 is 2.24. The highest BCUT2D eigenvalue weighted by Crippen LogP contribution is 2.47. The highest BCUT2D eigenvalue weighted by molar-refractivity contribution is 5.99.